The molecule has 1 fully saturated rings. The molecule has 0 aliphatic heterocycles. The number of hydrogen-bond donors (Lipinski definition) is 1. The Morgan fingerprint density at radius 1 is 1.19 bits per heavy atom. The van der Waals surface area contributed by atoms with Crippen LogP contribution in [0.3, 0.4) is 0 Å². The van der Waals surface area contributed by atoms with Gasteiger partial charge in [0.25, 0.3) is 5.91 Å². The maximum absolute atomic E-state index is 12.4. The van der Waals surface area contributed by atoms with Gasteiger partial charge in [0.2, 0.25) is 0 Å². The molecule has 1 unspecified atom stereocenters. The minimum atomic E-state index is -0.883. The first-order chi connectivity index (χ1) is 13.0. The van der Waals surface area contributed by atoms with Crippen LogP contribution in [0.5, 0.6) is 0 Å². The number of rotatable bonds is 6. The summed E-state index contributed by atoms with van der Waals surface area (Å²) in [6.45, 7) is 1.96. The molecule has 1 atom stereocenters. The van der Waals surface area contributed by atoms with E-state index in [-0.39, 0.29) is 18.1 Å². The van der Waals surface area contributed by atoms with E-state index in [2.05, 4.69) is 5.32 Å². The van der Waals surface area contributed by atoms with Gasteiger partial charge in [-0.3, -0.25) is 18.7 Å². The van der Waals surface area contributed by atoms with Crippen molar-refractivity contribution in [3.05, 3.63) is 34.7 Å². The number of hydrogen-bond acceptors (Lipinski definition) is 4. The van der Waals surface area contributed by atoms with Gasteiger partial charge >= 0.3 is 11.7 Å². The lowest BCUT2D eigenvalue weighted by Gasteiger charge is -2.22. The van der Waals surface area contributed by atoms with Crippen molar-refractivity contribution in [3.63, 3.8) is 0 Å². The highest BCUT2D eigenvalue weighted by atomic mass is 16.5. The molecule has 7 heteroatoms. The van der Waals surface area contributed by atoms with E-state index in [1.165, 1.54) is 28.4 Å². The van der Waals surface area contributed by atoms with Crippen molar-refractivity contribution in [3.8, 4) is 0 Å². The molecular weight excluding hydrogens is 346 g/mol. The van der Waals surface area contributed by atoms with Gasteiger partial charge in [0, 0.05) is 13.6 Å². The average Bonchev–Trinajstić information content (AvgIpc) is 2.92. The normalized spacial score (nSPS) is 16.2. The molecule has 1 aromatic heterocycles. The zero-order valence-corrected chi connectivity index (χ0v) is 15.9. The van der Waals surface area contributed by atoms with Crippen molar-refractivity contribution in [1.82, 2.24) is 14.5 Å². The molecule has 0 saturated heterocycles. The zero-order valence-electron chi connectivity index (χ0n) is 15.9. The number of benzene rings is 1. The number of carbonyl (C=O) groups is 2. The molecule has 1 saturated carbocycles. The Bertz CT molecular complexity index is 877. The first-order valence-electron chi connectivity index (χ1n) is 9.59. The number of nitrogens with one attached hydrogen (secondary N) is 1. The average molecular weight is 373 g/mol. The van der Waals surface area contributed by atoms with Crippen molar-refractivity contribution >= 4 is 22.9 Å². The lowest BCUT2D eigenvalue weighted by Crippen LogP contribution is -2.39. The summed E-state index contributed by atoms with van der Waals surface area (Å²) in [6, 6.07) is 7.25. The molecule has 7 nitrogen and oxygen atoms in total. The van der Waals surface area contributed by atoms with Crippen molar-refractivity contribution < 1.29 is 14.3 Å². The monoisotopic (exact) mass is 373 g/mol. The number of aryl methyl sites for hydroxylation is 1. The summed E-state index contributed by atoms with van der Waals surface area (Å²) in [4.78, 5) is 36.8. The molecule has 1 aliphatic rings. The van der Waals surface area contributed by atoms with Crippen LogP contribution in [-0.2, 0) is 27.9 Å². The number of para-hydroxylation sites is 2. The molecule has 1 N–H and O–H groups in total. The van der Waals surface area contributed by atoms with Crippen LogP contribution in [-0.4, -0.2) is 33.7 Å². The minimum absolute atomic E-state index is 0.222. The van der Waals surface area contributed by atoms with Crippen molar-refractivity contribution in [2.24, 2.45) is 13.0 Å². The van der Waals surface area contributed by atoms with Gasteiger partial charge in [-0.1, -0.05) is 31.4 Å². The number of nitrogens with zero attached hydrogens (tertiary/aromatic N) is 2. The number of amides is 1. The fraction of sp³-hybridized carbons (Fsp3) is 0.550. The van der Waals surface area contributed by atoms with E-state index in [1.54, 1.807) is 20.0 Å². The van der Waals surface area contributed by atoms with E-state index in [0.29, 0.717) is 18.0 Å². The Morgan fingerprint density at radius 2 is 1.85 bits per heavy atom. The standard InChI is InChI=1S/C20H27N3O4/c1-14(19(25)21-12-15-8-4-3-5-9-15)27-18(24)13-23-17-11-7-6-10-16(17)22(2)20(23)26/h6-7,10-11,14-15H,3-5,8-9,12-13H2,1-2H3,(H,21,25). The van der Waals surface area contributed by atoms with Gasteiger partial charge in [0.15, 0.2) is 6.10 Å². The molecule has 1 aliphatic carbocycles. The lowest BCUT2D eigenvalue weighted by molar-refractivity contribution is -0.155. The van der Waals surface area contributed by atoms with Gasteiger partial charge in [-0.15, -0.1) is 0 Å². The molecule has 1 amide bonds. The van der Waals surface area contributed by atoms with E-state index < -0.39 is 12.1 Å². The molecule has 0 spiro atoms. The third-order valence-electron chi connectivity index (χ3n) is 5.31. The summed E-state index contributed by atoms with van der Waals surface area (Å²) in [5, 5.41) is 2.88. The first-order valence-corrected chi connectivity index (χ1v) is 9.59. The summed E-state index contributed by atoms with van der Waals surface area (Å²) in [6.07, 6.45) is 5.09. The second-order valence-corrected chi connectivity index (χ2v) is 7.30. The lowest BCUT2D eigenvalue weighted by atomic mass is 9.89. The highest BCUT2D eigenvalue weighted by Gasteiger charge is 2.21. The van der Waals surface area contributed by atoms with E-state index in [0.717, 1.165) is 18.4 Å². The Kier molecular flexibility index (Phi) is 5.98. The van der Waals surface area contributed by atoms with Crippen LogP contribution in [0.25, 0.3) is 11.0 Å². The number of imidazole rings is 1. The van der Waals surface area contributed by atoms with E-state index in [1.807, 2.05) is 18.2 Å². The SMILES string of the molecule is CC(OC(=O)Cn1c(=O)n(C)c2ccccc21)C(=O)NCC1CCCCC1. The summed E-state index contributed by atoms with van der Waals surface area (Å²) in [5.74, 6) is -0.382. The van der Waals surface area contributed by atoms with Crippen molar-refractivity contribution in [2.45, 2.75) is 51.7 Å². The molecule has 2 aromatic rings. The molecule has 27 heavy (non-hydrogen) atoms. The second kappa shape index (κ2) is 8.41. The predicted molar refractivity (Wildman–Crippen MR) is 102 cm³/mol. The molecule has 0 radical (unpaired) electrons. The van der Waals surface area contributed by atoms with Gasteiger partial charge in [-0.2, -0.15) is 0 Å². The van der Waals surface area contributed by atoms with Gasteiger partial charge in [0.05, 0.1) is 11.0 Å². The second-order valence-electron chi connectivity index (χ2n) is 7.30. The van der Waals surface area contributed by atoms with E-state index in [9.17, 15) is 14.4 Å². The van der Waals surface area contributed by atoms with Gasteiger partial charge in [-0.25, -0.2) is 4.79 Å². The summed E-state index contributed by atoms with van der Waals surface area (Å²) >= 11 is 0. The summed E-state index contributed by atoms with van der Waals surface area (Å²) in [7, 11) is 1.66. The molecule has 3 rings (SSSR count). The molecule has 0 bridgehead atoms. The molecule has 1 aromatic carbocycles. The maximum Gasteiger partial charge on any atom is 0.329 e. The van der Waals surface area contributed by atoms with Gasteiger partial charge in [0.1, 0.15) is 6.54 Å². The van der Waals surface area contributed by atoms with E-state index >= 15 is 0 Å². The topological polar surface area (TPSA) is 82.3 Å². The third-order valence-corrected chi connectivity index (χ3v) is 5.31. The van der Waals surface area contributed by atoms with Crippen LogP contribution in [0.2, 0.25) is 0 Å². The third kappa shape index (κ3) is 4.40. The summed E-state index contributed by atoms with van der Waals surface area (Å²) in [5.41, 5.74) is 1.12. The smallest absolute Gasteiger partial charge is 0.329 e. The molecule has 146 valence electrons. The van der Waals surface area contributed by atoms with E-state index in [4.69, 9.17) is 4.74 Å². The van der Waals surface area contributed by atoms with Crippen LogP contribution in [0.1, 0.15) is 39.0 Å². The van der Waals surface area contributed by atoms with Crippen LogP contribution >= 0.6 is 0 Å². The van der Waals surface area contributed by atoms with Crippen molar-refractivity contribution in [2.75, 3.05) is 6.54 Å². The largest absolute Gasteiger partial charge is 0.451 e. The fourth-order valence-corrected chi connectivity index (χ4v) is 3.71. The molecular formula is C20H27N3O4. The number of carbonyl (C=O) groups excluding carboxylic acids is 2. The van der Waals surface area contributed by atoms with Gasteiger partial charge in [-0.05, 0) is 37.8 Å². The van der Waals surface area contributed by atoms with Crippen LogP contribution in [0.4, 0.5) is 0 Å². The first kappa shape index (κ1) is 19.2. The number of esters is 1. The van der Waals surface area contributed by atoms with Gasteiger partial charge < -0.3 is 10.1 Å². The molecule has 1 heterocycles. The Labute approximate surface area is 158 Å². The Morgan fingerprint density at radius 3 is 2.56 bits per heavy atom. The Hall–Kier alpha value is -2.57. The number of aromatic nitrogens is 2. The highest BCUT2D eigenvalue weighted by Crippen LogP contribution is 2.22. The maximum atomic E-state index is 12.4. The van der Waals surface area contributed by atoms with Crippen LogP contribution < -0.4 is 11.0 Å². The fourth-order valence-electron chi connectivity index (χ4n) is 3.71. The summed E-state index contributed by atoms with van der Waals surface area (Å²) < 4.78 is 8.10. The highest BCUT2D eigenvalue weighted by molar-refractivity contribution is 5.84. The quantitative estimate of drug-likeness (QED) is 0.785. The number of ether oxygens (including phenoxy) is 1. The van der Waals surface area contributed by atoms with Crippen LogP contribution in [0.15, 0.2) is 29.1 Å². The van der Waals surface area contributed by atoms with Crippen molar-refractivity contribution in [1.29, 1.82) is 0 Å². The zero-order chi connectivity index (χ0) is 19.4. The predicted octanol–water partition coefficient (Wildman–Crippen LogP) is 1.97. The minimum Gasteiger partial charge on any atom is -0.451 e. The Balaban J connectivity index is 1.56. The van der Waals surface area contributed by atoms with Crippen LogP contribution in [0, 0.1) is 5.92 Å². The number of fused-ring (bicyclic) bond motifs is 1.